The molecule has 0 atom stereocenters. The van der Waals surface area contributed by atoms with E-state index in [9.17, 15) is 4.79 Å². The van der Waals surface area contributed by atoms with E-state index in [1.165, 1.54) is 0 Å². The second-order valence-electron chi connectivity index (χ2n) is 8.31. The molecule has 0 radical (unpaired) electrons. The first-order valence-corrected chi connectivity index (χ1v) is 10.8. The number of rotatable bonds is 6. The van der Waals surface area contributed by atoms with Crippen molar-refractivity contribution in [2.75, 3.05) is 50.7 Å². The van der Waals surface area contributed by atoms with E-state index in [-0.39, 0.29) is 11.7 Å². The Kier molecular flexibility index (Phi) is 6.67. The van der Waals surface area contributed by atoms with Gasteiger partial charge >= 0.3 is 0 Å². The third-order valence-electron chi connectivity index (χ3n) is 5.51. The Morgan fingerprint density at radius 1 is 1.07 bits per heavy atom. The number of aromatic nitrogens is 3. The summed E-state index contributed by atoms with van der Waals surface area (Å²) >= 11 is 0. The van der Waals surface area contributed by atoms with Crippen molar-refractivity contribution in [1.82, 2.24) is 24.8 Å². The number of hydrogen-bond donors (Lipinski definition) is 0. The Bertz CT molecular complexity index is 869. The van der Waals surface area contributed by atoms with Crippen LogP contribution in [0.3, 0.4) is 0 Å². The summed E-state index contributed by atoms with van der Waals surface area (Å²) in [6.45, 7) is 18.6. The number of anilines is 1. The summed E-state index contributed by atoms with van der Waals surface area (Å²) in [6.07, 6.45) is 0. The van der Waals surface area contributed by atoms with Gasteiger partial charge in [0.25, 0.3) is 5.91 Å². The summed E-state index contributed by atoms with van der Waals surface area (Å²) in [5.74, 6) is 1.61. The average molecular weight is 399 g/mol. The molecule has 0 saturated carbocycles. The largest absolute Gasteiger partial charge is 0.356 e. The zero-order valence-electron chi connectivity index (χ0n) is 18.7. The van der Waals surface area contributed by atoms with E-state index in [0.29, 0.717) is 24.7 Å². The van der Waals surface area contributed by atoms with Gasteiger partial charge in [-0.25, -0.2) is 15.0 Å². The number of aryl methyl sites for hydroxylation is 2. The molecule has 0 N–H and O–H groups in total. The van der Waals surface area contributed by atoms with Gasteiger partial charge in [-0.2, -0.15) is 0 Å². The van der Waals surface area contributed by atoms with E-state index >= 15 is 0 Å². The van der Waals surface area contributed by atoms with Gasteiger partial charge in [0.2, 0.25) is 5.82 Å². The molecule has 0 unspecified atom stereocenters. The Morgan fingerprint density at radius 2 is 1.72 bits per heavy atom. The summed E-state index contributed by atoms with van der Waals surface area (Å²) in [7, 11) is 0. The topological polar surface area (TPSA) is 65.5 Å². The molecule has 0 aliphatic carbocycles. The molecule has 2 aromatic heterocycles. The lowest BCUT2D eigenvalue weighted by Gasteiger charge is -2.35. The Labute approximate surface area is 174 Å². The van der Waals surface area contributed by atoms with Gasteiger partial charge in [0.1, 0.15) is 5.82 Å². The summed E-state index contributed by atoms with van der Waals surface area (Å²) in [5, 5.41) is 0.942. The quantitative estimate of drug-likeness (QED) is 0.745. The fourth-order valence-electron chi connectivity index (χ4n) is 4.09. The summed E-state index contributed by atoms with van der Waals surface area (Å²) < 4.78 is 0. The fraction of sp³-hybridized carbons (Fsp3) is 0.636. The predicted molar refractivity (Wildman–Crippen MR) is 118 cm³/mol. The van der Waals surface area contributed by atoms with Crippen LogP contribution in [0.1, 0.15) is 49.6 Å². The second kappa shape index (κ2) is 9.03. The standard InChI is InChI=1S/C22H34N6O/c1-7-27(8-2)21-18-16(5)13-17(6)23-19(18)24-20(25-21)22(29)28-11-9-26(10-12-28)14-15(3)4/h13,15H,7-12,14H2,1-6H3. The lowest BCUT2D eigenvalue weighted by Crippen LogP contribution is -2.49. The van der Waals surface area contributed by atoms with Crippen LogP contribution in [0.5, 0.6) is 0 Å². The average Bonchev–Trinajstić information content (AvgIpc) is 2.67. The maximum Gasteiger partial charge on any atom is 0.291 e. The lowest BCUT2D eigenvalue weighted by molar-refractivity contribution is 0.0612. The molecule has 1 aliphatic heterocycles. The molecule has 1 aliphatic rings. The molecule has 2 aromatic rings. The Hall–Kier alpha value is -2.28. The van der Waals surface area contributed by atoms with Crippen LogP contribution in [0.15, 0.2) is 6.07 Å². The highest BCUT2D eigenvalue weighted by atomic mass is 16.2. The van der Waals surface area contributed by atoms with E-state index in [0.717, 1.165) is 55.2 Å². The highest BCUT2D eigenvalue weighted by molar-refractivity contribution is 5.96. The molecule has 29 heavy (non-hydrogen) atoms. The van der Waals surface area contributed by atoms with Gasteiger partial charge < -0.3 is 9.80 Å². The molecule has 1 fully saturated rings. The first-order valence-electron chi connectivity index (χ1n) is 10.8. The van der Waals surface area contributed by atoms with Crippen molar-refractivity contribution >= 4 is 22.8 Å². The molecular weight excluding hydrogens is 364 g/mol. The SMILES string of the molecule is CCN(CC)c1nc(C(=O)N2CCN(CC(C)C)CC2)nc2nc(C)cc(C)c12. The first kappa shape index (κ1) is 21.4. The number of carbonyl (C=O) groups excluding carboxylic acids is 1. The Balaban J connectivity index is 1.94. The van der Waals surface area contributed by atoms with E-state index in [2.05, 4.69) is 54.4 Å². The fourth-order valence-corrected chi connectivity index (χ4v) is 4.09. The van der Waals surface area contributed by atoms with Crippen LogP contribution >= 0.6 is 0 Å². The molecule has 0 bridgehead atoms. The third-order valence-corrected chi connectivity index (χ3v) is 5.51. The molecule has 0 aromatic carbocycles. The van der Waals surface area contributed by atoms with Crippen molar-refractivity contribution in [3.8, 4) is 0 Å². The van der Waals surface area contributed by atoms with Crippen molar-refractivity contribution in [3.05, 3.63) is 23.1 Å². The number of fused-ring (bicyclic) bond motifs is 1. The lowest BCUT2D eigenvalue weighted by atomic mass is 10.1. The van der Waals surface area contributed by atoms with Gasteiger partial charge in [-0.1, -0.05) is 13.8 Å². The number of carbonyl (C=O) groups is 1. The second-order valence-corrected chi connectivity index (χ2v) is 8.31. The van der Waals surface area contributed by atoms with Crippen molar-refractivity contribution in [1.29, 1.82) is 0 Å². The molecular formula is C22H34N6O. The molecule has 1 saturated heterocycles. The van der Waals surface area contributed by atoms with E-state index < -0.39 is 0 Å². The van der Waals surface area contributed by atoms with Crippen LogP contribution in [-0.2, 0) is 0 Å². The molecule has 7 heteroatoms. The summed E-state index contributed by atoms with van der Waals surface area (Å²) in [5.41, 5.74) is 2.61. The highest BCUT2D eigenvalue weighted by Crippen LogP contribution is 2.27. The summed E-state index contributed by atoms with van der Waals surface area (Å²) in [4.78, 5) is 33.7. The van der Waals surface area contributed by atoms with Gasteiger partial charge in [0.05, 0.1) is 5.39 Å². The van der Waals surface area contributed by atoms with Crippen LogP contribution in [0.2, 0.25) is 0 Å². The van der Waals surface area contributed by atoms with Crippen LogP contribution in [-0.4, -0.2) is 76.5 Å². The molecule has 3 rings (SSSR count). The molecule has 7 nitrogen and oxygen atoms in total. The molecule has 158 valence electrons. The molecule has 0 spiro atoms. The van der Waals surface area contributed by atoms with Crippen molar-refractivity contribution in [2.24, 2.45) is 5.92 Å². The minimum absolute atomic E-state index is 0.0922. The van der Waals surface area contributed by atoms with Crippen LogP contribution in [0.4, 0.5) is 5.82 Å². The monoisotopic (exact) mass is 398 g/mol. The van der Waals surface area contributed by atoms with Crippen LogP contribution in [0, 0.1) is 19.8 Å². The van der Waals surface area contributed by atoms with Crippen molar-refractivity contribution < 1.29 is 4.79 Å². The summed E-state index contributed by atoms with van der Waals surface area (Å²) in [6, 6.07) is 2.05. The normalized spacial score (nSPS) is 15.3. The zero-order chi connectivity index (χ0) is 21.1. The van der Waals surface area contributed by atoms with Crippen molar-refractivity contribution in [2.45, 2.75) is 41.5 Å². The van der Waals surface area contributed by atoms with Gasteiger partial charge in [0.15, 0.2) is 5.65 Å². The Morgan fingerprint density at radius 3 is 2.31 bits per heavy atom. The van der Waals surface area contributed by atoms with Gasteiger partial charge in [-0.3, -0.25) is 9.69 Å². The number of pyridine rings is 1. The van der Waals surface area contributed by atoms with Gasteiger partial charge in [-0.05, 0) is 45.2 Å². The smallest absolute Gasteiger partial charge is 0.291 e. The number of nitrogens with zero attached hydrogens (tertiary/aromatic N) is 6. The minimum atomic E-state index is -0.0922. The zero-order valence-corrected chi connectivity index (χ0v) is 18.7. The number of hydrogen-bond acceptors (Lipinski definition) is 6. The maximum absolute atomic E-state index is 13.2. The van der Waals surface area contributed by atoms with Gasteiger partial charge in [0, 0.05) is 51.5 Å². The minimum Gasteiger partial charge on any atom is -0.356 e. The van der Waals surface area contributed by atoms with Crippen LogP contribution in [0.25, 0.3) is 11.0 Å². The van der Waals surface area contributed by atoms with E-state index in [1.54, 1.807) is 0 Å². The number of amides is 1. The maximum atomic E-state index is 13.2. The highest BCUT2D eigenvalue weighted by Gasteiger charge is 2.26. The van der Waals surface area contributed by atoms with Crippen molar-refractivity contribution in [3.63, 3.8) is 0 Å². The van der Waals surface area contributed by atoms with Crippen LogP contribution < -0.4 is 4.90 Å². The molecule has 1 amide bonds. The third kappa shape index (κ3) is 4.66. The first-order chi connectivity index (χ1) is 13.8. The van der Waals surface area contributed by atoms with Gasteiger partial charge in [-0.15, -0.1) is 0 Å². The molecule has 3 heterocycles. The predicted octanol–water partition coefficient (Wildman–Crippen LogP) is 2.90. The van der Waals surface area contributed by atoms with E-state index in [4.69, 9.17) is 4.98 Å². The number of piperazine rings is 1. The van der Waals surface area contributed by atoms with E-state index in [1.807, 2.05) is 17.9 Å².